The highest BCUT2D eigenvalue weighted by Crippen LogP contribution is 2.13. The number of hydrogen-bond acceptors (Lipinski definition) is 1. The first-order valence-corrected chi connectivity index (χ1v) is 4.79. The minimum absolute atomic E-state index is 0.519. The lowest BCUT2D eigenvalue weighted by atomic mass is 10.3. The molecule has 0 unspecified atom stereocenters. The molecule has 3 heteroatoms. The Bertz CT molecular complexity index is 227. The van der Waals surface area contributed by atoms with Gasteiger partial charge in [0.2, 0.25) is 0 Å². The Labute approximate surface area is 84.8 Å². The molecule has 1 aromatic rings. The van der Waals surface area contributed by atoms with Crippen molar-refractivity contribution in [1.82, 2.24) is 0 Å². The summed E-state index contributed by atoms with van der Waals surface area (Å²) in [7, 11) is 0. The van der Waals surface area contributed by atoms with Crippen LogP contribution in [-0.2, 0) is 0 Å². The molecule has 0 spiro atoms. The number of ether oxygens (including phenoxy) is 1. The first-order valence-electron chi connectivity index (χ1n) is 3.18. The van der Waals surface area contributed by atoms with Crippen LogP contribution in [0.3, 0.4) is 0 Å². The van der Waals surface area contributed by atoms with Crippen molar-refractivity contribution in [2.75, 3.05) is 12.5 Å². The minimum atomic E-state index is 0.519. The van der Waals surface area contributed by atoms with Crippen LogP contribution in [0.5, 0.6) is 5.75 Å². The van der Waals surface area contributed by atoms with Crippen LogP contribution in [0, 0.1) is 9.64 Å². The van der Waals surface area contributed by atoms with E-state index in [0.29, 0.717) is 12.5 Å². The molecular formula is C8H7ClIO. The molecule has 1 radical (unpaired) electrons. The van der Waals surface area contributed by atoms with Gasteiger partial charge in [0, 0.05) is 3.57 Å². The third-order valence-corrected chi connectivity index (χ3v) is 1.85. The number of rotatable bonds is 3. The van der Waals surface area contributed by atoms with Gasteiger partial charge in [-0.1, -0.05) is 0 Å². The van der Waals surface area contributed by atoms with Crippen molar-refractivity contribution in [3.63, 3.8) is 0 Å². The fourth-order valence-electron chi connectivity index (χ4n) is 0.662. The second-order valence-corrected chi connectivity index (χ2v) is 3.55. The molecule has 1 rings (SSSR count). The molecule has 0 atom stereocenters. The standard InChI is InChI=1S/C8H7ClIO/c9-4-5-11-8-3-1-2-7(10)6-8/h2-3,6H,4-5H2. The highest BCUT2D eigenvalue weighted by molar-refractivity contribution is 14.1. The van der Waals surface area contributed by atoms with Gasteiger partial charge in [-0.3, -0.25) is 0 Å². The Hall–Kier alpha value is 0.0400. The molecule has 0 fully saturated rings. The van der Waals surface area contributed by atoms with Crippen LogP contribution in [0.15, 0.2) is 18.2 Å². The molecule has 0 bridgehead atoms. The predicted octanol–water partition coefficient (Wildman–Crippen LogP) is 2.71. The summed E-state index contributed by atoms with van der Waals surface area (Å²) < 4.78 is 6.39. The zero-order chi connectivity index (χ0) is 8.10. The number of alkyl halides is 1. The summed E-state index contributed by atoms with van der Waals surface area (Å²) in [5, 5.41) is 0. The molecule has 0 aliphatic carbocycles. The average Bonchev–Trinajstić information content (AvgIpc) is 2.01. The first-order chi connectivity index (χ1) is 5.33. The summed E-state index contributed by atoms with van der Waals surface area (Å²) in [5.41, 5.74) is 0. The van der Waals surface area contributed by atoms with Crippen molar-refractivity contribution >= 4 is 34.2 Å². The second kappa shape index (κ2) is 4.83. The Morgan fingerprint density at radius 2 is 2.36 bits per heavy atom. The normalized spacial score (nSPS) is 9.64. The molecule has 0 aromatic heterocycles. The summed E-state index contributed by atoms with van der Waals surface area (Å²) in [6.07, 6.45) is 0. The van der Waals surface area contributed by atoms with Gasteiger partial charge in [0.05, 0.1) is 5.88 Å². The molecular weight excluding hydrogens is 274 g/mol. The van der Waals surface area contributed by atoms with Gasteiger partial charge < -0.3 is 4.74 Å². The van der Waals surface area contributed by atoms with Crippen LogP contribution < -0.4 is 4.74 Å². The fourth-order valence-corrected chi connectivity index (χ4v) is 1.23. The van der Waals surface area contributed by atoms with Gasteiger partial charge in [0.15, 0.2) is 0 Å². The number of benzene rings is 1. The third kappa shape index (κ3) is 3.29. The lowest BCUT2D eigenvalue weighted by Gasteiger charge is -2.02. The SMILES string of the molecule is ClCCOc1c[c]cc(I)c1. The lowest BCUT2D eigenvalue weighted by molar-refractivity contribution is 0.342. The van der Waals surface area contributed by atoms with Crippen LogP contribution in [0.4, 0.5) is 0 Å². The van der Waals surface area contributed by atoms with Gasteiger partial charge in [-0.05, 0) is 46.9 Å². The topological polar surface area (TPSA) is 9.23 Å². The van der Waals surface area contributed by atoms with E-state index in [2.05, 4.69) is 28.7 Å². The molecule has 59 valence electrons. The maximum atomic E-state index is 5.45. The molecule has 0 aliphatic rings. The van der Waals surface area contributed by atoms with E-state index in [1.807, 2.05) is 12.1 Å². The predicted molar refractivity (Wildman–Crippen MR) is 54.2 cm³/mol. The van der Waals surface area contributed by atoms with Crippen molar-refractivity contribution in [3.8, 4) is 5.75 Å². The maximum absolute atomic E-state index is 5.45. The van der Waals surface area contributed by atoms with Crippen LogP contribution in [0.1, 0.15) is 0 Å². The molecule has 0 saturated carbocycles. The van der Waals surface area contributed by atoms with Gasteiger partial charge in [-0.2, -0.15) is 0 Å². The van der Waals surface area contributed by atoms with E-state index in [-0.39, 0.29) is 0 Å². The second-order valence-electron chi connectivity index (χ2n) is 1.92. The van der Waals surface area contributed by atoms with Crippen LogP contribution in [0.2, 0.25) is 0 Å². The van der Waals surface area contributed by atoms with E-state index in [1.165, 1.54) is 0 Å². The highest BCUT2D eigenvalue weighted by atomic mass is 127. The van der Waals surface area contributed by atoms with Crippen molar-refractivity contribution in [1.29, 1.82) is 0 Å². The molecule has 0 N–H and O–H groups in total. The van der Waals surface area contributed by atoms with Gasteiger partial charge in [-0.25, -0.2) is 0 Å². The molecule has 11 heavy (non-hydrogen) atoms. The van der Waals surface area contributed by atoms with E-state index in [0.717, 1.165) is 9.32 Å². The van der Waals surface area contributed by atoms with E-state index in [4.69, 9.17) is 16.3 Å². The zero-order valence-corrected chi connectivity index (χ0v) is 8.72. The van der Waals surface area contributed by atoms with E-state index in [9.17, 15) is 0 Å². The van der Waals surface area contributed by atoms with Crippen molar-refractivity contribution < 1.29 is 4.74 Å². The molecule has 0 amide bonds. The van der Waals surface area contributed by atoms with Gasteiger partial charge in [-0.15, -0.1) is 11.6 Å². The largest absolute Gasteiger partial charge is 0.492 e. The molecule has 0 heterocycles. The molecule has 1 aromatic carbocycles. The molecule has 0 aliphatic heterocycles. The zero-order valence-electron chi connectivity index (χ0n) is 5.81. The Morgan fingerprint density at radius 3 is 3.00 bits per heavy atom. The summed E-state index contributed by atoms with van der Waals surface area (Å²) in [5.74, 6) is 1.35. The Kier molecular flexibility index (Phi) is 4.01. The van der Waals surface area contributed by atoms with Crippen molar-refractivity contribution in [2.24, 2.45) is 0 Å². The first kappa shape index (κ1) is 9.13. The van der Waals surface area contributed by atoms with Gasteiger partial charge in [0.25, 0.3) is 0 Å². The molecule has 0 saturated heterocycles. The highest BCUT2D eigenvalue weighted by Gasteiger charge is 1.92. The number of halogens is 2. The van der Waals surface area contributed by atoms with Crippen LogP contribution in [0.25, 0.3) is 0 Å². The summed E-state index contributed by atoms with van der Waals surface area (Å²) in [6.45, 7) is 0.551. The summed E-state index contributed by atoms with van der Waals surface area (Å²) in [4.78, 5) is 0. The van der Waals surface area contributed by atoms with E-state index >= 15 is 0 Å². The minimum Gasteiger partial charge on any atom is -0.492 e. The van der Waals surface area contributed by atoms with Crippen LogP contribution >= 0.6 is 34.2 Å². The average molecular weight is 282 g/mol. The van der Waals surface area contributed by atoms with Crippen molar-refractivity contribution in [2.45, 2.75) is 0 Å². The van der Waals surface area contributed by atoms with Gasteiger partial charge in [0.1, 0.15) is 12.4 Å². The summed E-state index contributed by atoms with van der Waals surface area (Å²) >= 11 is 7.67. The quantitative estimate of drug-likeness (QED) is 0.611. The lowest BCUT2D eigenvalue weighted by Crippen LogP contribution is -1.97. The molecule has 1 nitrogen and oxygen atoms in total. The van der Waals surface area contributed by atoms with Crippen molar-refractivity contribution in [3.05, 3.63) is 27.8 Å². The van der Waals surface area contributed by atoms with Crippen LogP contribution in [-0.4, -0.2) is 12.5 Å². The fraction of sp³-hybridized carbons (Fsp3) is 0.250. The van der Waals surface area contributed by atoms with E-state index < -0.39 is 0 Å². The summed E-state index contributed by atoms with van der Waals surface area (Å²) in [6, 6.07) is 8.61. The maximum Gasteiger partial charge on any atom is 0.121 e. The number of hydrogen-bond donors (Lipinski definition) is 0. The smallest absolute Gasteiger partial charge is 0.121 e. The van der Waals surface area contributed by atoms with Gasteiger partial charge >= 0.3 is 0 Å². The Morgan fingerprint density at radius 1 is 1.55 bits per heavy atom. The monoisotopic (exact) mass is 281 g/mol. The Balaban J connectivity index is 2.56. The third-order valence-electron chi connectivity index (χ3n) is 1.07. The van der Waals surface area contributed by atoms with E-state index in [1.54, 1.807) is 6.07 Å².